The van der Waals surface area contributed by atoms with E-state index >= 15 is 0 Å². The third-order valence-electron chi connectivity index (χ3n) is 2.29. The summed E-state index contributed by atoms with van der Waals surface area (Å²) in [5.41, 5.74) is 0.558. The molecule has 1 aromatic heterocycles. The van der Waals surface area contributed by atoms with Crippen LogP contribution in [0.2, 0.25) is 5.02 Å². The van der Waals surface area contributed by atoms with Gasteiger partial charge in [-0.15, -0.1) is 11.3 Å². The first-order valence-corrected chi connectivity index (χ1v) is 7.33. The fourth-order valence-corrected chi connectivity index (χ4v) is 2.45. The van der Waals surface area contributed by atoms with Crippen LogP contribution in [0.15, 0.2) is 34.2 Å². The average Bonchev–Trinajstić information content (AvgIpc) is 2.85. The maximum atomic E-state index is 11.8. The topological polar surface area (TPSA) is 42.0 Å². The Bertz CT molecular complexity index is 545. The Kier molecular flexibility index (Phi) is 4.74. The molecule has 1 amide bonds. The highest BCUT2D eigenvalue weighted by Crippen LogP contribution is 2.23. The highest BCUT2D eigenvalue weighted by Gasteiger charge is 2.07. The highest BCUT2D eigenvalue weighted by atomic mass is 79.9. The van der Waals surface area contributed by atoms with E-state index in [9.17, 15) is 4.79 Å². The maximum Gasteiger partial charge on any atom is 0.251 e. The van der Waals surface area contributed by atoms with E-state index in [1.54, 1.807) is 35.7 Å². The number of nitrogens with zero attached hydrogens (tertiary/aromatic N) is 1. The van der Waals surface area contributed by atoms with Gasteiger partial charge in [-0.25, -0.2) is 4.98 Å². The van der Waals surface area contributed by atoms with Crippen molar-refractivity contribution in [1.29, 1.82) is 0 Å². The molecule has 2 rings (SSSR count). The van der Waals surface area contributed by atoms with Crippen LogP contribution in [0.3, 0.4) is 0 Å². The van der Waals surface area contributed by atoms with Gasteiger partial charge in [0.05, 0.1) is 10.0 Å². The number of nitrogens with one attached hydrogen (secondary N) is 1. The molecule has 0 saturated carbocycles. The van der Waals surface area contributed by atoms with Crippen LogP contribution >= 0.6 is 38.9 Å². The maximum absolute atomic E-state index is 11.8. The quantitative estimate of drug-likeness (QED) is 0.921. The lowest BCUT2D eigenvalue weighted by atomic mass is 10.2. The van der Waals surface area contributed by atoms with Crippen LogP contribution in [0, 0.1) is 0 Å². The molecule has 0 fully saturated rings. The number of halogens is 2. The zero-order valence-electron chi connectivity index (χ0n) is 9.32. The predicted molar refractivity (Wildman–Crippen MR) is 77.3 cm³/mol. The summed E-state index contributed by atoms with van der Waals surface area (Å²) in [6, 6.07) is 5.14. The molecule has 1 N–H and O–H groups in total. The van der Waals surface area contributed by atoms with Crippen molar-refractivity contribution in [3.63, 3.8) is 0 Å². The summed E-state index contributed by atoms with van der Waals surface area (Å²) >= 11 is 10.8. The molecule has 3 nitrogen and oxygen atoms in total. The van der Waals surface area contributed by atoms with Crippen molar-refractivity contribution < 1.29 is 4.79 Å². The molecule has 0 saturated heterocycles. The largest absolute Gasteiger partial charge is 0.352 e. The molecule has 2 aromatic rings. The van der Waals surface area contributed by atoms with Crippen molar-refractivity contribution in [2.45, 2.75) is 6.42 Å². The van der Waals surface area contributed by atoms with Gasteiger partial charge in [0, 0.05) is 34.6 Å². The Morgan fingerprint density at radius 3 is 3.00 bits per heavy atom. The Labute approximate surface area is 122 Å². The van der Waals surface area contributed by atoms with E-state index in [4.69, 9.17) is 11.6 Å². The minimum atomic E-state index is -0.124. The van der Waals surface area contributed by atoms with Gasteiger partial charge in [-0.05, 0) is 34.1 Å². The summed E-state index contributed by atoms with van der Waals surface area (Å²) in [6.07, 6.45) is 2.50. The third kappa shape index (κ3) is 3.54. The summed E-state index contributed by atoms with van der Waals surface area (Å²) in [7, 11) is 0. The van der Waals surface area contributed by atoms with Crippen molar-refractivity contribution in [2.75, 3.05) is 6.54 Å². The molecular formula is C12H10BrClN2OS. The summed E-state index contributed by atoms with van der Waals surface area (Å²) in [5, 5.41) is 6.31. The van der Waals surface area contributed by atoms with E-state index in [0.717, 1.165) is 15.9 Å². The van der Waals surface area contributed by atoms with Gasteiger partial charge >= 0.3 is 0 Å². The normalized spacial score (nSPS) is 10.3. The molecule has 0 atom stereocenters. The van der Waals surface area contributed by atoms with E-state index in [2.05, 4.69) is 26.2 Å². The van der Waals surface area contributed by atoms with E-state index in [1.807, 2.05) is 5.38 Å². The summed E-state index contributed by atoms with van der Waals surface area (Å²) in [6.45, 7) is 0.569. The zero-order chi connectivity index (χ0) is 13.0. The minimum absolute atomic E-state index is 0.124. The third-order valence-corrected chi connectivity index (χ3v) is 4.36. The SMILES string of the molecule is O=C(NCCc1nccs1)c1ccc(Br)c(Cl)c1. The number of carbonyl (C=O) groups is 1. The fraction of sp³-hybridized carbons (Fsp3) is 0.167. The van der Waals surface area contributed by atoms with Crippen LogP contribution in [0.4, 0.5) is 0 Å². The molecule has 1 aromatic carbocycles. The molecule has 1 heterocycles. The molecule has 0 unspecified atom stereocenters. The summed E-state index contributed by atoms with van der Waals surface area (Å²) < 4.78 is 0.781. The van der Waals surface area contributed by atoms with E-state index in [1.165, 1.54) is 0 Å². The average molecular weight is 346 g/mol. The Balaban J connectivity index is 1.89. The van der Waals surface area contributed by atoms with Crippen LogP contribution in [-0.4, -0.2) is 17.4 Å². The van der Waals surface area contributed by atoms with Gasteiger partial charge < -0.3 is 5.32 Å². The van der Waals surface area contributed by atoms with Gasteiger partial charge in [-0.1, -0.05) is 11.6 Å². The minimum Gasteiger partial charge on any atom is -0.352 e. The van der Waals surface area contributed by atoms with Gasteiger partial charge in [0.1, 0.15) is 0 Å². The summed E-state index contributed by atoms with van der Waals surface area (Å²) in [4.78, 5) is 16.0. The lowest BCUT2D eigenvalue weighted by molar-refractivity contribution is 0.0954. The van der Waals surface area contributed by atoms with Gasteiger partial charge in [0.2, 0.25) is 0 Å². The predicted octanol–water partition coefficient (Wildman–Crippen LogP) is 3.53. The molecule has 0 radical (unpaired) electrons. The fourth-order valence-electron chi connectivity index (χ4n) is 1.40. The number of aromatic nitrogens is 1. The number of benzene rings is 1. The first kappa shape index (κ1) is 13.5. The number of carbonyl (C=O) groups excluding carboxylic acids is 1. The van der Waals surface area contributed by atoms with Crippen molar-refractivity contribution >= 4 is 44.8 Å². The van der Waals surface area contributed by atoms with E-state index in [0.29, 0.717) is 17.1 Å². The van der Waals surface area contributed by atoms with Crippen LogP contribution in [0.1, 0.15) is 15.4 Å². The lowest BCUT2D eigenvalue weighted by Crippen LogP contribution is -2.25. The Morgan fingerprint density at radius 2 is 2.33 bits per heavy atom. The van der Waals surface area contributed by atoms with Crippen LogP contribution in [0.5, 0.6) is 0 Å². The van der Waals surface area contributed by atoms with Gasteiger partial charge in [0.25, 0.3) is 5.91 Å². The number of thiazole rings is 1. The smallest absolute Gasteiger partial charge is 0.251 e. The standard InChI is InChI=1S/C12H10BrClN2OS/c13-9-2-1-8(7-10(9)14)12(17)16-4-3-11-15-5-6-18-11/h1-2,5-7H,3-4H2,(H,16,17). The molecule has 0 aliphatic heterocycles. The first-order chi connectivity index (χ1) is 8.66. The monoisotopic (exact) mass is 344 g/mol. The van der Waals surface area contributed by atoms with Gasteiger partial charge in [-0.2, -0.15) is 0 Å². The Morgan fingerprint density at radius 1 is 1.50 bits per heavy atom. The second-order valence-electron chi connectivity index (χ2n) is 3.56. The van der Waals surface area contributed by atoms with E-state index < -0.39 is 0 Å². The van der Waals surface area contributed by atoms with Crippen molar-refractivity contribution in [3.05, 3.63) is 49.8 Å². The Hall–Kier alpha value is -0.910. The molecule has 6 heteroatoms. The first-order valence-electron chi connectivity index (χ1n) is 5.28. The van der Waals surface area contributed by atoms with E-state index in [-0.39, 0.29) is 5.91 Å². The molecule has 0 aliphatic carbocycles. The van der Waals surface area contributed by atoms with Crippen LogP contribution in [0.25, 0.3) is 0 Å². The molecule has 0 aliphatic rings. The number of hydrogen-bond donors (Lipinski definition) is 1. The highest BCUT2D eigenvalue weighted by molar-refractivity contribution is 9.10. The second kappa shape index (κ2) is 6.31. The molecular weight excluding hydrogens is 336 g/mol. The number of rotatable bonds is 4. The second-order valence-corrected chi connectivity index (χ2v) is 5.80. The van der Waals surface area contributed by atoms with Gasteiger partial charge in [-0.3, -0.25) is 4.79 Å². The van der Waals surface area contributed by atoms with Crippen molar-refractivity contribution in [2.24, 2.45) is 0 Å². The molecule has 18 heavy (non-hydrogen) atoms. The van der Waals surface area contributed by atoms with Gasteiger partial charge in [0.15, 0.2) is 0 Å². The van der Waals surface area contributed by atoms with Crippen LogP contribution in [-0.2, 0) is 6.42 Å². The molecule has 0 spiro atoms. The number of amides is 1. The zero-order valence-corrected chi connectivity index (χ0v) is 12.5. The summed E-state index contributed by atoms with van der Waals surface area (Å²) in [5.74, 6) is -0.124. The lowest BCUT2D eigenvalue weighted by Gasteiger charge is -2.05. The number of hydrogen-bond acceptors (Lipinski definition) is 3. The molecule has 0 bridgehead atoms. The molecule has 94 valence electrons. The van der Waals surface area contributed by atoms with Crippen LogP contribution < -0.4 is 5.32 Å². The van der Waals surface area contributed by atoms with Crippen molar-refractivity contribution in [1.82, 2.24) is 10.3 Å². The van der Waals surface area contributed by atoms with Crippen molar-refractivity contribution in [3.8, 4) is 0 Å².